The minimum Gasteiger partial charge on any atom is -0.349 e. The summed E-state index contributed by atoms with van der Waals surface area (Å²) in [5.41, 5.74) is 0. The van der Waals surface area contributed by atoms with Crippen molar-refractivity contribution < 1.29 is 9.47 Å². The summed E-state index contributed by atoms with van der Waals surface area (Å²) < 4.78 is 10.6. The predicted octanol–water partition coefficient (Wildman–Crippen LogP) is 1.51. The third-order valence-corrected chi connectivity index (χ3v) is 1.89. The topological polar surface area (TPSA) is 18.5 Å². The van der Waals surface area contributed by atoms with Crippen LogP contribution in [0.2, 0.25) is 0 Å². The van der Waals surface area contributed by atoms with Crippen LogP contribution in [0.1, 0.15) is 6.92 Å². The van der Waals surface area contributed by atoms with E-state index in [-0.39, 0.29) is 12.2 Å². The van der Waals surface area contributed by atoms with Gasteiger partial charge in [-0.15, -0.1) is 0 Å². The third-order valence-electron chi connectivity index (χ3n) is 1.89. The highest BCUT2D eigenvalue weighted by molar-refractivity contribution is 4.78. The van der Waals surface area contributed by atoms with Gasteiger partial charge in [0.1, 0.15) is 0 Å². The molecule has 1 atom stereocenters. The lowest BCUT2D eigenvalue weighted by Gasteiger charge is -2.29. The molecule has 0 saturated carbocycles. The third kappa shape index (κ3) is 2.31. The van der Waals surface area contributed by atoms with Gasteiger partial charge in [-0.3, -0.25) is 0 Å². The lowest BCUT2D eigenvalue weighted by molar-refractivity contribution is -0.179. The first kappa shape index (κ1) is 8.75. The van der Waals surface area contributed by atoms with Gasteiger partial charge in [0, 0.05) is 5.92 Å². The second kappa shape index (κ2) is 3.88. The molecule has 1 aliphatic heterocycles. The van der Waals surface area contributed by atoms with Crippen LogP contribution in [0.25, 0.3) is 0 Å². The molecule has 1 heterocycles. The first-order valence-corrected chi connectivity index (χ1v) is 3.85. The summed E-state index contributed by atoms with van der Waals surface area (Å²) in [7, 11) is 0. The van der Waals surface area contributed by atoms with Crippen LogP contribution in [0, 0.1) is 18.8 Å². The molecule has 0 aliphatic carbocycles. The molecule has 0 aromatic carbocycles. The van der Waals surface area contributed by atoms with Gasteiger partial charge in [0.2, 0.25) is 0 Å². The van der Waals surface area contributed by atoms with Crippen molar-refractivity contribution in [3.8, 4) is 0 Å². The fourth-order valence-electron chi connectivity index (χ4n) is 0.973. The van der Waals surface area contributed by atoms with Crippen LogP contribution in [0.3, 0.4) is 0 Å². The first-order chi connectivity index (χ1) is 5.24. The average Bonchev–Trinajstić information content (AvgIpc) is 2.05. The van der Waals surface area contributed by atoms with Crippen LogP contribution in [0.4, 0.5) is 0 Å². The highest BCUT2D eigenvalue weighted by atomic mass is 16.7. The first-order valence-electron chi connectivity index (χ1n) is 3.85. The molecule has 1 unspecified atom stereocenters. The molecule has 0 amide bonds. The van der Waals surface area contributed by atoms with Crippen molar-refractivity contribution in [2.24, 2.45) is 11.8 Å². The Morgan fingerprint density at radius 1 is 1.55 bits per heavy atom. The van der Waals surface area contributed by atoms with Crippen LogP contribution >= 0.6 is 0 Å². The van der Waals surface area contributed by atoms with E-state index in [0.717, 1.165) is 0 Å². The molecule has 2 nitrogen and oxygen atoms in total. The van der Waals surface area contributed by atoms with Gasteiger partial charge in [-0.1, -0.05) is 13.5 Å². The Labute approximate surface area is 68.2 Å². The maximum absolute atomic E-state index is 5.67. The van der Waals surface area contributed by atoms with E-state index in [1.807, 2.05) is 6.92 Å². The molecule has 2 heteroatoms. The average molecular weight is 154 g/mol. The fraction of sp³-hybridized carbons (Fsp3) is 0.667. The monoisotopic (exact) mass is 154 g/mol. The van der Waals surface area contributed by atoms with Crippen molar-refractivity contribution in [3.05, 3.63) is 19.6 Å². The molecule has 1 rings (SSSR count). The number of rotatable bonds is 2. The molecule has 11 heavy (non-hydrogen) atoms. The van der Waals surface area contributed by atoms with Gasteiger partial charge in [-0.2, -0.15) is 0 Å². The van der Waals surface area contributed by atoms with E-state index in [9.17, 15) is 0 Å². The van der Waals surface area contributed by atoms with Gasteiger partial charge in [0.05, 0.1) is 13.2 Å². The summed E-state index contributed by atoms with van der Waals surface area (Å²) in [6.45, 7) is 12.6. The molecule has 2 radical (unpaired) electrons. The second-order valence-electron chi connectivity index (χ2n) is 2.89. The van der Waals surface area contributed by atoms with Crippen LogP contribution in [0.5, 0.6) is 0 Å². The van der Waals surface area contributed by atoms with E-state index < -0.39 is 0 Å². The van der Waals surface area contributed by atoms with E-state index in [1.54, 1.807) is 6.08 Å². The molecular formula is C9H14O2. The van der Waals surface area contributed by atoms with E-state index in [4.69, 9.17) is 16.4 Å². The highest BCUT2D eigenvalue weighted by Gasteiger charge is 2.22. The van der Waals surface area contributed by atoms with Gasteiger partial charge in [0.25, 0.3) is 0 Å². The van der Waals surface area contributed by atoms with Crippen LogP contribution in [0.15, 0.2) is 12.7 Å². The highest BCUT2D eigenvalue weighted by Crippen LogP contribution is 2.18. The minimum absolute atomic E-state index is 0.140. The maximum Gasteiger partial charge on any atom is 0.176 e. The molecule has 0 N–H and O–H groups in total. The smallest absolute Gasteiger partial charge is 0.176 e. The van der Waals surface area contributed by atoms with Gasteiger partial charge in [-0.25, -0.2) is 0 Å². The predicted molar refractivity (Wildman–Crippen MR) is 42.8 cm³/mol. The molecule has 0 bridgehead atoms. The molecule has 0 aromatic heterocycles. The Hall–Kier alpha value is -0.340. The Morgan fingerprint density at radius 2 is 2.09 bits per heavy atom. The zero-order chi connectivity index (χ0) is 8.27. The molecule has 1 aliphatic rings. The summed E-state index contributed by atoms with van der Waals surface area (Å²) in [4.78, 5) is 0. The Balaban J connectivity index is 2.29. The Morgan fingerprint density at radius 3 is 2.45 bits per heavy atom. The Bertz CT molecular complexity index is 124. The second-order valence-corrected chi connectivity index (χ2v) is 2.89. The standard InChI is InChI=1S/C9H14O2/c1-4-9-10-5-8(6-11-9)7(2)3/h2,4,7-9H,1,5-6H2,3H3. The summed E-state index contributed by atoms with van der Waals surface area (Å²) in [5, 5.41) is 0. The number of ether oxygens (including phenoxy) is 2. The van der Waals surface area contributed by atoms with Crippen LogP contribution < -0.4 is 0 Å². The van der Waals surface area contributed by atoms with Crippen molar-refractivity contribution in [1.82, 2.24) is 0 Å². The van der Waals surface area contributed by atoms with Gasteiger partial charge in [0.15, 0.2) is 6.29 Å². The lowest BCUT2D eigenvalue weighted by atomic mass is 9.97. The summed E-state index contributed by atoms with van der Waals surface area (Å²) >= 11 is 0. The van der Waals surface area contributed by atoms with Gasteiger partial charge in [-0.05, 0) is 18.9 Å². The van der Waals surface area contributed by atoms with Gasteiger partial charge < -0.3 is 9.47 Å². The summed E-state index contributed by atoms with van der Waals surface area (Å²) in [5.74, 6) is 0.465. The Kier molecular flexibility index (Phi) is 3.09. The molecule has 1 fully saturated rings. The summed E-state index contributed by atoms with van der Waals surface area (Å²) in [6, 6.07) is 0. The van der Waals surface area contributed by atoms with Crippen molar-refractivity contribution in [2.75, 3.05) is 13.2 Å². The molecule has 0 aromatic rings. The van der Waals surface area contributed by atoms with Crippen molar-refractivity contribution in [1.29, 1.82) is 0 Å². The fourth-order valence-corrected chi connectivity index (χ4v) is 0.973. The molecule has 1 saturated heterocycles. The van der Waals surface area contributed by atoms with E-state index >= 15 is 0 Å². The quantitative estimate of drug-likeness (QED) is 0.561. The number of hydrogen-bond acceptors (Lipinski definition) is 2. The largest absolute Gasteiger partial charge is 0.349 e. The maximum atomic E-state index is 5.67. The van der Waals surface area contributed by atoms with Crippen LogP contribution in [-0.4, -0.2) is 19.5 Å². The zero-order valence-electron chi connectivity index (χ0n) is 6.82. The molecule has 62 valence electrons. The lowest BCUT2D eigenvalue weighted by Crippen LogP contribution is -2.33. The number of hydrogen-bond donors (Lipinski definition) is 0. The molecule has 0 spiro atoms. The summed E-state index contributed by atoms with van der Waals surface area (Å²) in [6.07, 6.45) is 1.42. The van der Waals surface area contributed by atoms with E-state index in [0.29, 0.717) is 19.1 Å². The molecular weight excluding hydrogens is 140 g/mol. The normalized spacial score (nSPS) is 32.3. The van der Waals surface area contributed by atoms with Crippen molar-refractivity contribution in [2.45, 2.75) is 13.2 Å². The van der Waals surface area contributed by atoms with Crippen molar-refractivity contribution in [3.63, 3.8) is 0 Å². The van der Waals surface area contributed by atoms with E-state index in [1.165, 1.54) is 0 Å². The minimum atomic E-state index is -0.231. The van der Waals surface area contributed by atoms with Crippen molar-refractivity contribution >= 4 is 0 Å². The SMILES string of the molecule is [CH]C(C)C1COC(C=C)OC1. The zero-order valence-corrected chi connectivity index (χ0v) is 6.82. The van der Waals surface area contributed by atoms with Crippen LogP contribution in [-0.2, 0) is 9.47 Å². The van der Waals surface area contributed by atoms with E-state index in [2.05, 4.69) is 6.58 Å². The van der Waals surface area contributed by atoms with Gasteiger partial charge >= 0.3 is 0 Å².